The summed E-state index contributed by atoms with van der Waals surface area (Å²) in [7, 11) is 0. The predicted octanol–water partition coefficient (Wildman–Crippen LogP) is 2.29. The van der Waals surface area contributed by atoms with E-state index in [1.54, 1.807) is 6.33 Å². The van der Waals surface area contributed by atoms with Crippen LogP contribution >= 0.6 is 0 Å². The molecule has 0 saturated carbocycles. The molecule has 0 radical (unpaired) electrons. The van der Waals surface area contributed by atoms with Crippen molar-refractivity contribution in [2.75, 3.05) is 54.0 Å². The zero-order chi connectivity index (χ0) is 19.1. The lowest BCUT2D eigenvalue weighted by Crippen LogP contribution is -2.47. The van der Waals surface area contributed by atoms with Gasteiger partial charge in [-0.05, 0) is 32.8 Å². The van der Waals surface area contributed by atoms with E-state index in [1.807, 2.05) is 0 Å². The highest BCUT2D eigenvalue weighted by molar-refractivity contribution is 5.86. The zero-order valence-electron chi connectivity index (χ0n) is 16.5. The van der Waals surface area contributed by atoms with Crippen molar-refractivity contribution in [1.82, 2.24) is 24.9 Å². The molecule has 0 unspecified atom stereocenters. The van der Waals surface area contributed by atoms with Crippen molar-refractivity contribution < 1.29 is 0 Å². The van der Waals surface area contributed by atoms with Crippen LogP contribution in [0.4, 0.5) is 17.6 Å². The van der Waals surface area contributed by atoms with Crippen LogP contribution in [0.2, 0.25) is 0 Å². The second-order valence-corrected chi connectivity index (χ2v) is 7.75. The van der Waals surface area contributed by atoms with Crippen LogP contribution in [-0.4, -0.2) is 64.2 Å². The lowest BCUT2D eigenvalue weighted by molar-refractivity contribution is 0.641. The largest absolute Gasteiger partial charge is 0.354 e. The first-order valence-corrected chi connectivity index (χ1v) is 10.1. The van der Waals surface area contributed by atoms with E-state index in [9.17, 15) is 0 Å². The maximum absolute atomic E-state index is 4.88. The van der Waals surface area contributed by atoms with Crippen LogP contribution in [0.25, 0.3) is 11.0 Å². The third-order valence-corrected chi connectivity index (χ3v) is 5.65. The van der Waals surface area contributed by atoms with E-state index in [4.69, 9.17) is 4.98 Å². The van der Waals surface area contributed by atoms with Crippen molar-refractivity contribution >= 4 is 28.6 Å². The van der Waals surface area contributed by atoms with Gasteiger partial charge in [-0.2, -0.15) is 4.98 Å². The summed E-state index contributed by atoms with van der Waals surface area (Å²) >= 11 is 0. The van der Waals surface area contributed by atoms with Gasteiger partial charge < -0.3 is 19.7 Å². The second kappa shape index (κ2) is 6.92. The number of nitrogens with zero attached hydrogens (tertiary/aromatic N) is 7. The van der Waals surface area contributed by atoms with Crippen LogP contribution in [0.5, 0.6) is 0 Å². The number of hydrogen-bond donors (Lipinski definition) is 1. The van der Waals surface area contributed by atoms with E-state index in [1.165, 1.54) is 12.8 Å². The van der Waals surface area contributed by atoms with Crippen molar-refractivity contribution in [2.24, 2.45) is 0 Å². The normalized spacial score (nSPS) is 17.7. The summed E-state index contributed by atoms with van der Waals surface area (Å²) in [5.41, 5.74) is 4.16. The Morgan fingerprint density at radius 1 is 0.821 bits per heavy atom. The number of H-pyrrole nitrogens is 1. The number of anilines is 3. The SMILES string of the molecule is Cc1cc(N2CCN(c3ncnc4cc(C)[nH]c34)CC2)nc(N2CCCC2)n1. The maximum atomic E-state index is 4.88. The quantitative estimate of drug-likeness (QED) is 0.749. The summed E-state index contributed by atoms with van der Waals surface area (Å²) in [5, 5.41) is 0. The van der Waals surface area contributed by atoms with Gasteiger partial charge in [-0.25, -0.2) is 15.0 Å². The van der Waals surface area contributed by atoms with Gasteiger partial charge in [-0.15, -0.1) is 0 Å². The Hall–Kier alpha value is -2.90. The first-order chi connectivity index (χ1) is 13.7. The van der Waals surface area contributed by atoms with E-state index in [2.05, 4.69) is 60.6 Å². The molecular weight excluding hydrogens is 352 g/mol. The van der Waals surface area contributed by atoms with E-state index < -0.39 is 0 Å². The number of fused-ring (bicyclic) bond motifs is 1. The Morgan fingerprint density at radius 3 is 2.36 bits per heavy atom. The first-order valence-electron chi connectivity index (χ1n) is 10.1. The van der Waals surface area contributed by atoms with Gasteiger partial charge in [0.25, 0.3) is 0 Å². The number of piperazine rings is 1. The molecular formula is C20H26N8. The predicted molar refractivity (Wildman–Crippen MR) is 111 cm³/mol. The summed E-state index contributed by atoms with van der Waals surface area (Å²) in [6.45, 7) is 9.90. The highest BCUT2D eigenvalue weighted by Crippen LogP contribution is 2.26. The molecule has 0 spiro atoms. The molecule has 28 heavy (non-hydrogen) atoms. The van der Waals surface area contributed by atoms with Gasteiger partial charge in [-0.1, -0.05) is 0 Å². The average Bonchev–Trinajstić information content (AvgIpc) is 3.36. The molecule has 146 valence electrons. The molecule has 2 fully saturated rings. The fourth-order valence-electron chi connectivity index (χ4n) is 4.20. The van der Waals surface area contributed by atoms with E-state index >= 15 is 0 Å². The Kier molecular flexibility index (Phi) is 4.26. The van der Waals surface area contributed by atoms with Crippen molar-refractivity contribution in [2.45, 2.75) is 26.7 Å². The summed E-state index contributed by atoms with van der Waals surface area (Å²) < 4.78 is 0. The van der Waals surface area contributed by atoms with Crippen LogP contribution in [0.15, 0.2) is 18.5 Å². The number of rotatable bonds is 3. The highest BCUT2D eigenvalue weighted by atomic mass is 15.3. The van der Waals surface area contributed by atoms with Crippen molar-refractivity contribution in [3.63, 3.8) is 0 Å². The molecule has 1 N–H and O–H groups in total. The maximum Gasteiger partial charge on any atom is 0.227 e. The molecule has 0 bridgehead atoms. The first kappa shape index (κ1) is 17.2. The molecule has 3 aromatic rings. The number of aromatic amines is 1. The van der Waals surface area contributed by atoms with E-state index in [-0.39, 0.29) is 0 Å². The van der Waals surface area contributed by atoms with Gasteiger partial charge in [0.05, 0.1) is 5.52 Å². The molecule has 5 rings (SSSR count). The Bertz CT molecular complexity index is 983. The van der Waals surface area contributed by atoms with Crippen molar-refractivity contribution in [1.29, 1.82) is 0 Å². The number of hydrogen-bond acceptors (Lipinski definition) is 7. The molecule has 0 aliphatic carbocycles. The molecule has 0 aromatic carbocycles. The zero-order valence-corrected chi connectivity index (χ0v) is 16.5. The fourth-order valence-corrected chi connectivity index (χ4v) is 4.20. The molecule has 2 aliphatic rings. The van der Waals surface area contributed by atoms with Gasteiger partial charge in [0, 0.05) is 56.7 Å². The van der Waals surface area contributed by atoms with Crippen LogP contribution < -0.4 is 14.7 Å². The molecule has 8 nitrogen and oxygen atoms in total. The minimum absolute atomic E-state index is 0.884. The second-order valence-electron chi connectivity index (χ2n) is 7.75. The number of nitrogens with one attached hydrogen (secondary N) is 1. The molecule has 0 amide bonds. The monoisotopic (exact) mass is 378 g/mol. The molecule has 2 saturated heterocycles. The Morgan fingerprint density at radius 2 is 1.57 bits per heavy atom. The molecule has 2 aliphatic heterocycles. The lowest BCUT2D eigenvalue weighted by atomic mass is 10.3. The fraction of sp³-hybridized carbons (Fsp3) is 0.500. The molecule has 3 aromatic heterocycles. The van der Waals surface area contributed by atoms with Gasteiger partial charge >= 0.3 is 0 Å². The minimum atomic E-state index is 0.884. The summed E-state index contributed by atoms with van der Waals surface area (Å²) in [6, 6.07) is 4.17. The third-order valence-electron chi connectivity index (χ3n) is 5.65. The van der Waals surface area contributed by atoms with Crippen molar-refractivity contribution in [3.05, 3.63) is 29.8 Å². The molecule has 0 atom stereocenters. The van der Waals surface area contributed by atoms with Crippen LogP contribution in [0, 0.1) is 13.8 Å². The smallest absolute Gasteiger partial charge is 0.227 e. The summed E-state index contributed by atoms with van der Waals surface area (Å²) in [6.07, 6.45) is 4.13. The molecule has 5 heterocycles. The van der Waals surface area contributed by atoms with Gasteiger partial charge in [0.15, 0.2) is 5.82 Å². The Labute approximate surface area is 164 Å². The topological polar surface area (TPSA) is 77.1 Å². The Balaban J connectivity index is 1.34. The van der Waals surface area contributed by atoms with Gasteiger partial charge in [0.1, 0.15) is 17.7 Å². The third kappa shape index (κ3) is 3.12. The molecule has 8 heteroatoms. The van der Waals surface area contributed by atoms with Crippen LogP contribution in [0.3, 0.4) is 0 Å². The average molecular weight is 378 g/mol. The summed E-state index contributed by atoms with van der Waals surface area (Å²) in [5.74, 6) is 2.92. The van der Waals surface area contributed by atoms with E-state index in [0.29, 0.717) is 0 Å². The lowest BCUT2D eigenvalue weighted by Gasteiger charge is -2.36. The summed E-state index contributed by atoms with van der Waals surface area (Å²) in [4.78, 5) is 28.9. The standard InChI is InChI=1S/C20H26N8/c1-14-11-16-18(23-14)19(22-13-21-16)27-9-7-26(8-10-27)17-12-15(2)24-20(25-17)28-5-3-4-6-28/h11-13,23H,3-10H2,1-2H3. The van der Waals surface area contributed by atoms with E-state index in [0.717, 1.165) is 79.3 Å². The van der Waals surface area contributed by atoms with Crippen LogP contribution in [0.1, 0.15) is 24.2 Å². The van der Waals surface area contributed by atoms with Crippen LogP contribution in [-0.2, 0) is 0 Å². The van der Waals surface area contributed by atoms with Gasteiger partial charge in [-0.3, -0.25) is 0 Å². The van der Waals surface area contributed by atoms with Crippen molar-refractivity contribution in [3.8, 4) is 0 Å². The number of aryl methyl sites for hydroxylation is 2. The highest BCUT2D eigenvalue weighted by Gasteiger charge is 2.23. The van der Waals surface area contributed by atoms with Gasteiger partial charge in [0.2, 0.25) is 5.95 Å². The minimum Gasteiger partial charge on any atom is -0.354 e. The number of aromatic nitrogens is 5.